The minimum atomic E-state index is -4.41. The van der Waals surface area contributed by atoms with Gasteiger partial charge >= 0.3 is 6.18 Å². The van der Waals surface area contributed by atoms with Crippen molar-refractivity contribution < 1.29 is 27.5 Å². The number of carbonyl (C=O) groups is 2. The Hall–Kier alpha value is -3.22. The van der Waals surface area contributed by atoms with E-state index in [0.29, 0.717) is 24.8 Å². The number of aromatic nitrogens is 1. The summed E-state index contributed by atoms with van der Waals surface area (Å²) >= 11 is 7.78. The smallest absolute Gasteiger partial charge is 0.416 e. The number of rotatable bonds is 9. The molecule has 0 atom stereocenters. The fourth-order valence-electron chi connectivity index (χ4n) is 4.76. The highest BCUT2D eigenvalue weighted by atomic mass is 32.2. The van der Waals surface area contributed by atoms with Crippen LogP contribution in [0, 0.1) is 0 Å². The molecule has 1 N–H and O–H groups in total. The van der Waals surface area contributed by atoms with E-state index in [1.165, 1.54) is 59.5 Å². The Labute approximate surface area is 255 Å². The Kier molecular flexibility index (Phi) is 9.64. The van der Waals surface area contributed by atoms with Crippen LogP contribution in [-0.2, 0) is 22.2 Å². The molecule has 0 bridgehead atoms. The van der Waals surface area contributed by atoms with Crippen molar-refractivity contribution in [2.24, 2.45) is 0 Å². The molecule has 1 aliphatic heterocycles. The molecule has 3 aromatic rings. The van der Waals surface area contributed by atoms with E-state index < -0.39 is 11.7 Å². The lowest BCUT2D eigenvalue weighted by Gasteiger charge is -2.22. The fourth-order valence-corrected chi connectivity index (χ4v) is 6.93. The maximum absolute atomic E-state index is 13.0. The van der Waals surface area contributed by atoms with Crippen LogP contribution >= 0.6 is 35.3 Å². The molecule has 220 valence electrons. The summed E-state index contributed by atoms with van der Waals surface area (Å²) in [6.45, 7) is 0.116. The third-order valence-corrected chi connectivity index (χ3v) is 9.19. The zero-order valence-electron chi connectivity index (χ0n) is 22.5. The van der Waals surface area contributed by atoms with E-state index in [2.05, 4.69) is 10.3 Å². The number of carbonyl (C=O) groups excluding carboxylic acids is 2. The molecular formula is C30H28F3N3O3S3. The summed E-state index contributed by atoms with van der Waals surface area (Å²) in [5, 5.41) is 3.03. The van der Waals surface area contributed by atoms with Gasteiger partial charge in [0.1, 0.15) is 10.1 Å². The number of amides is 2. The van der Waals surface area contributed by atoms with Crippen molar-refractivity contribution in [3.05, 3.63) is 81.2 Å². The van der Waals surface area contributed by atoms with Crippen LogP contribution in [-0.4, -0.2) is 38.7 Å². The van der Waals surface area contributed by atoms with Crippen molar-refractivity contribution in [1.82, 2.24) is 9.88 Å². The van der Waals surface area contributed by atoms with Crippen LogP contribution in [0.2, 0.25) is 0 Å². The van der Waals surface area contributed by atoms with E-state index in [4.69, 9.17) is 17.0 Å². The second-order valence-electron chi connectivity index (χ2n) is 10.1. The van der Waals surface area contributed by atoms with E-state index in [1.54, 1.807) is 12.1 Å². The Balaban J connectivity index is 1.11. The number of hydrogen-bond acceptors (Lipinski definition) is 7. The second-order valence-corrected chi connectivity index (χ2v) is 12.9. The molecule has 1 saturated heterocycles. The lowest BCUT2D eigenvalue weighted by molar-refractivity contribution is -0.137. The SMILES string of the molecule is O=C(CCN1C(=O)/C(=C/c2ccc(OC3CCCCC3)cc2)SC1=S)Nc1ncc(Cc2cccc(C(F)(F)F)c2)s1. The van der Waals surface area contributed by atoms with Crippen molar-refractivity contribution in [2.75, 3.05) is 11.9 Å². The molecule has 2 fully saturated rings. The molecule has 5 rings (SSSR count). The van der Waals surface area contributed by atoms with Crippen LogP contribution in [0.5, 0.6) is 5.75 Å². The predicted molar refractivity (Wildman–Crippen MR) is 163 cm³/mol. The summed E-state index contributed by atoms with van der Waals surface area (Å²) in [6, 6.07) is 12.8. The summed E-state index contributed by atoms with van der Waals surface area (Å²) in [5.41, 5.74) is 0.646. The number of thiazole rings is 1. The van der Waals surface area contributed by atoms with Crippen molar-refractivity contribution in [2.45, 2.75) is 57.2 Å². The minimum absolute atomic E-state index is 0.00939. The Morgan fingerprint density at radius 1 is 1.14 bits per heavy atom. The van der Waals surface area contributed by atoms with Crippen molar-refractivity contribution >= 4 is 62.7 Å². The largest absolute Gasteiger partial charge is 0.490 e. The number of alkyl halides is 3. The highest BCUT2D eigenvalue weighted by molar-refractivity contribution is 8.26. The maximum Gasteiger partial charge on any atom is 0.416 e. The van der Waals surface area contributed by atoms with Gasteiger partial charge in [-0.1, -0.05) is 60.7 Å². The fraction of sp³-hybridized carbons (Fsp3) is 0.333. The Morgan fingerprint density at radius 3 is 2.64 bits per heavy atom. The second kappa shape index (κ2) is 13.4. The molecule has 42 heavy (non-hydrogen) atoms. The number of thioether (sulfide) groups is 1. The predicted octanol–water partition coefficient (Wildman–Crippen LogP) is 7.69. The number of thiocarbonyl (C=S) groups is 1. The van der Waals surface area contributed by atoms with Crippen molar-refractivity contribution in [3.8, 4) is 5.75 Å². The van der Waals surface area contributed by atoms with Crippen molar-refractivity contribution in [3.63, 3.8) is 0 Å². The number of halogens is 3. The zero-order valence-corrected chi connectivity index (χ0v) is 24.9. The first kappa shape index (κ1) is 30.2. The summed E-state index contributed by atoms with van der Waals surface area (Å²) < 4.78 is 45.4. The average molecular weight is 632 g/mol. The Morgan fingerprint density at radius 2 is 1.90 bits per heavy atom. The number of benzene rings is 2. The molecule has 2 amide bonds. The standard InChI is InChI=1S/C30H28F3N3O3S3/c31-30(32,33)21-6-4-5-20(15-21)16-24-18-34-28(41-24)35-26(37)13-14-36-27(38)25(42-29(36)40)17-19-9-11-23(12-10-19)39-22-7-2-1-3-8-22/h4-6,9-12,15,17-18,22H,1-3,7-8,13-14,16H2,(H,34,35,37)/b25-17-. The lowest BCUT2D eigenvalue weighted by atomic mass is 9.98. The molecular weight excluding hydrogens is 604 g/mol. The quantitative estimate of drug-likeness (QED) is 0.193. The van der Waals surface area contributed by atoms with Gasteiger partial charge in [-0.2, -0.15) is 13.2 Å². The van der Waals surface area contributed by atoms with E-state index >= 15 is 0 Å². The van der Waals surface area contributed by atoms with Gasteiger partial charge in [0.25, 0.3) is 5.91 Å². The molecule has 1 aliphatic carbocycles. The van der Waals surface area contributed by atoms with Crippen LogP contribution in [0.3, 0.4) is 0 Å². The molecule has 0 spiro atoms. The molecule has 1 aromatic heterocycles. The first-order valence-corrected chi connectivity index (χ1v) is 15.6. The average Bonchev–Trinajstić information content (AvgIpc) is 3.51. The summed E-state index contributed by atoms with van der Waals surface area (Å²) in [4.78, 5) is 32.3. The van der Waals surface area contributed by atoms with Gasteiger partial charge in [0.15, 0.2) is 5.13 Å². The minimum Gasteiger partial charge on any atom is -0.490 e. The van der Waals surface area contributed by atoms with E-state index in [-0.39, 0.29) is 37.3 Å². The van der Waals surface area contributed by atoms with Crippen LogP contribution in [0.1, 0.15) is 60.1 Å². The summed E-state index contributed by atoms with van der Waals surface area (Å²) in [5.74, 6) is 0.222. The third-order valence-electron chi connectivity index (χ3n) is 6.90. The molecule has 12 heteroatoms. The summed E-state index contributed by atoms with van der Waals surface area (Å²) in [7, 11) is 0. The topological polar surface area (TPSA) is 71.5 Å². The maximum atomic E-state index is 13.0. The van der Waals surface area contributed by atoms with Gasteiger partial charge in [0, 0.05) is 30.5 Å². The highest BCUT2D eigenvalue weighted by Crippen LogP contribution is 2.34. The van der Waals surface area contributed by atoms with Crippen LogP contribution < -0.4 is 10.1 Å². The van der Waals surface area contributed by atoms with E-state index in [0.717, 1.165) is 36.3 Å². The highest BCUT2D eigenvalue weighted by Gasteiger charge is 2.32. The number of nitrogens with zero attached hydrogens (tertiary/aromatic N) is 2. The number of hydrogen-bond donors (Lipinski definition) is 1. The van der Waals surface area contributed by atoms with Crippen molar-refractivity contribution in [1.29, 1.82) is 0 Å². The summed E-state index contributed by atoms with van der Waals surface area (Å²) in [6.07, 6.45) is 5.26. The molecule has 0 unspecified atom stereocenters. The zero-order chi connectivity index (χ0) is 29.7. The Bertz CT molecular complexity index is 1480. The molecule has 1 saturated carbocycles. The van der Waals surface area contributed by atoms with Gasteiger partial charge in [-0.25, -0.2) is 4.98 Å². The van der Waals surface area contributed by atoms with Gasteiger partial charge in [-0.3, -0.25) is 14.5 Å². The number of nitrogens with one attached hydrogen (secondary N) is 1. The van der Waals surface area contributed by atoms with Gasteiger partial charge in [0.2, 0.25) is 5.91 Å². The van der Waals surface area contributed by atoms with Gasteiger partial charge in [-0.15, -0.1) is 11.3 Å². The third kappa shape index (κ3) is 7.99. The van der Waals surface area contributed by atoms with Crippen LogP contribution in [0.25, 0.3) is 6.08 Å². The van der Waals surface area contributed by atoms with Gasteiger partial charge in [-0.05, 0) is 61.1 Å². The molecule has 6 nitrogen and oxygen atoms in total. The monoisotopic (exact) mass is 631 g/mol. The van der Waals surface area contributed by atoms with E-state index in [1.807, 2.05) is 24.3 Å². The number of ether oxygens (including phenoxy) is 1. The van der Waals surface area contributed by atoms with E-state index in [9.17, 15) is 22.8 Å². The van der Waals surface area contributed by atoms with Gasteiger partial charge < -0.3 is 10.1 Å². The first-order chi connectivity index (χ1) is 20.1. The molecule has 2 aliphatic rings. The molecule has 2 heterocycles. The normalized spacial score (nSPS) is 17.2. The van der Waals surface area contributed by atoms with Crippen LogP contribution in [0.4, 0.5) is 18.3 Å². The first-order valence-electron chi connectivity index (χ1n) is 13.6. The van der Waals surface area contributed by atoms with Crippen LogP contribution in [0.15, 0.2) is 59.6 Å². The molecule has 2 aromatic carbocycles. The molecule has 0 radical (unpaired) electrons. The van der Waals surface area contributed by atoms with Gasteiger partial charge in [0.05, 0.1) is 16.6 Å². The lowest BCUT2D eigenvalue weighted by Crippen LogP contribution is -2.31. The number of anilines is 1.